The van der Waals surface area contributed by atoms with Crippen LogP contribution in [-0.4, -0.2) is 37.8 Å². The fraction of sp³-hybridized carbons (Fsp3) is 0.273. The van der Waals surface area contributed by atoms with E-state index in [2.05, 4.69) is 11.9 Å². The number of amides is 2. The van der Waals surface area contributed by atoms with Gasteiger partial charge in [0.15, 0.2) is 11.5 Å². The topological polar surface area (TPSA) is 67.9 Å². The summed E-state index contributed by atoms with van der Waals surface area (Å²) < 4.78 is 11.3. The average molecular weight is 410 g/mol. The Labute approximate surface area is 173 Å². The van der Waals surface area contributed by atoms with Gasteiger partial charge in [0.05, 0.1) is 5.69 Å². The molecule has 0 aromatic heterocycles. The third-order valence-electron chi connectivity index (χ3n) is 5.05. The van der Waals surface area contributed by atoms with Crippen LogP contribution in [0.1, 0.15) is 22.3 Å². The van der Waals surface area contributed by atoms with Crippen molar-refractivity contribution >= 4 is 35.0 Å². The van der Waals surface area contributed by atoms with Crippen molar-refractivity contribution in [1.29, 1.82) is 0 Å². The van der Waals surface area contributed by atoms with Crippen LogP contribution in [0.4, 0.5) is 11.4 Å². The predicted octanol–water partition coefficient (Wildman–Crippen LogP) is 3.90. The van der Waals surface area contributed by atoms with Gasteiger partial charge in [-0.2, -0.15) is 0 Å². The SMILES string of the molecule is C=CC(=O)N1CCCc2c(C(=O)Nc3cc4c(cc3SC)OCCO4)cccc21. The highest BCUT2D eigenvalue weighted by Gasteiger charge is 2.25. The number of thioether (sulfide) groups is 1. The Bertz CT molecular complexity index is 989. The van der Waals surface area contributed by atoms with Crippen molar-refractivity contribution in [3.63, 3.8) is 0 Å². The van der Waals surface area contributed by atoms with Crippen LogP contribution in [0.25, 0.3) is 0 Å². The number of hydrogen-bond acceptors (Lipinski definition) is 5. The van der Waals surface area contributed by atoms with Gasteiger partial charge in [0, 0.05) is 28.8 Å². The maximum absolute atomic E-state index is 13.2. The fourth-order valence-corrected chi connectivity index (χ4v) is 4.26. The number of fused-ring (bicyclic) bond motifs is 2. The van der Waals surface area contributed by atoms with Gasteiger partial charge in [-0.25, -0.2) is 0 Å². The highest BCUT2D eigenvalue weighted by atomic mass is 32.2. The first-order chi connectivity index (χ1) is 14.1. The lowest BCUT2D eigenvalue weighted by molar-refractivity contribution is -0.114. The van der Waals surface area contributed by atoms with Crippen LogP contribution in [0, 0.1) is 0 Å². The molecule has 0 bridgehead atoms. The normalized spacial score (nSPS) is 14.7. The molecule has 2 aromatic carbocycles. The average Bonchev–Trinajstić information content (AvgIpc) is 2.77. The Kier molecular flexibility index (Phi) is 5.49. The number of rotatable bonds is 4. The van der Waals surface area contributed by atoms with Crippen molar-refractivity contribution in [2.24, 2.45) is 0 Å². The number of ether oxygens (including phenoxy) is 2. The van der Waals surface area contributed by atoms with E-state index in [1.807, 2.05) is 24.5 Å². The molecule has 7 heteroatoms. The van der Waals surface area contributed by atoms with E-state index in [-0.39, 0.29) is 11.8 Å². The van der Waals surface area contributed by atoms with Gasteiger partial charge in [-0.15, -0.1) is 11.8 Å². The largest absolute Gasteiger partial charge is 0.486 e. The lowest BCUT2D eigenvalue weighted by atomic mass is 9.95. The number of nitrogens with one attached hydrogen (secondary N) is 1. The van der Waals surface area contributed by atoms with E-state index in [1.165, 1.54) is 17.8 Å². The third kappa shape index (κ3) is 3.70. The number of nitrogens with zero attached hydrogens (tertiary/aromatic N) is 1. The lowest BCUT2D eigenvalue weighted by Gasteiger charge is -2.30. The molecule has 150 valence electrons. The fourth-order valence-electron chi connectivity index (χ4n) is 3.70. The van der Waals surface area contributed by atoms with E-state index in [0.717, 1.165) is 29.0 Å². The highest BCUT2D eigenvalue weighted by Crippen LogP contribution is 2.39. The molecule has 2 aromatic rings. The zero-order valence-electron chi connectivity index (χ0n) is 16.2. The molecule has 0 unspecified atom stereocenters. The van der Waals surface area contributed by atoms with Crippen LogP contribution < -0.4 is 19.7 Å². The van der Waals surface area contributed by atoms with Crippen LogP contribution in [0.5, 0.6) is 11.5 Å². The predicted molar refractivity (Wildman–Crippen MR) is 114 cm³/mol. The van der Waals surface area contributed by atoms with Crippen LogP contribution in [0.2, 0.25) is 0 Å². The van der Waals surface area contributed by atoms with Crippen LogP contribution >= 0.6 is 11.8 Å². The Balaban J connectivity index is 1.66. The van der Waals surface area contributed by atoms with Gasteiger partial charge in [-0.1, -0.05) is 12.6 Å². The van der Waals surface area contributed by atoms with Gasteiger partial charge in [-0.3, -0.25) is 9.59 Å². The Morgan fingerprint density at radius 3 is 2.69 bits per heavy atom. The summed E-state index contributed by atoms with van der Waals surface area (Å²) in [5.74, 6) is 0.957. The molecule has 0 atom stereocenters. The van der Waals surface area contributed by atoms with Crippen LogP contribution in [0.3, 0.4) is 0 Å². The standard InChI is InChI=1S/C22H22N2O4S/c1-3-21(25)24-9-5-7-14-15(6-4-8-17(14)24)22(26)23-16-12-18-19(13-20(16)29-2)28-11-10-27-18/h3-4,6,8,12-13H,1,5,7,9-11H2,2H3,(H,23,26). The van der Waals surface area contributed by atoms with Gasteiger partial charge in [0.1, 0.15) is 13.2 Å². The Morgan fingerprint density at radius 1 is 1.21 bits per heavy atom. The monoisotopic (exact) mass is 410 g/mol. The summed E-state index contributed by atoms with van der Waals surface area (Å²) in [6, 6.07) is 9.18. The van der Waals surface area contributed by atoms with Crippen molar-refractivity contribution in [1.82, 2.24) is 0 Å². The summed E-state index contributed by atoms with van der Waals surface area (Å²) in [4.78, 5) is 27.9. The quantitative estimate of drug-likeness (QED) is 0.612. The second-order valence-electron chi connectivity index (χ2n) is 6.75. The smallest absolute Gasteiger partial charge is 0.256 e. The second kappa shape index (κ2) is 8.21. The molecule has 6 nitrogen and oxygen atoms in total. The molecular weight excluding hydrogens is 388 g/mol. The van der Waals surface area contributed by atoms with Gasteiger partial charge in [0.25, 0.3) is 5.91 Å². The van der Waals surface area contributed by atoms with Gasteiger partial charge >= 0.3 is 0 Å². The summed E-state index contributed by atoms with van der Waals surface area (Å²) >= 11 is 1.53. The summed E-state index contributed by atoms with van der Waals surface area (Å²) in [7, 11) is 0. The number of hydrogen-bond donors (Lipinski definition) is 1. The molecule has 29 heavy (non-hydrogen) atoms. The maximum Gasteiger partial charge on any atom is 0.256 e. The van der Waals surface area contributed by atoms with Gasteiger partial charge < -0.3 is 19.7 Å². The molecule has 2 aliphatic rings. The molecule has 0 radical (unpaired) electrons. The number of carbonyl (C=O) groups excluding carboxylic acids is 2. The highest BCUT2D eigenvalue weighted by molar-refractivity contribution is 7.98. The molecule has 0 saturated carbocycles. The van der Waals surface area contributed by atoms with E-state index in [4.69, 9.17) is 9.47 Å². The van der Waals surface area contributed by atoms with E-state index < -0.39 is 0 Å². The molecule has 0 fully saturated rings. The summed E-state index contributed by atoms with van der Waals surface area (Å²) in [5.41, 5.74) is 2.92. The number of carbonyl (C=O) groups is 2. The molecule has 0 spiro atoms. The summed E-state index contributed by atoms with van der Waals surface area (Å²) in [5, 5.41) is 3.02. The van der Waals surface area contributed by atoms with Crippen molar-refractivity contribution in [2.45, 2.75) is 17.7 Å². The molecule has 0 saturated heterocycles. The van der Waals surface area contributed by atoms with Crippen molar-refractivity contribution in [2.75, 3.05) is 36.2 Å². The van der Waals surface area contributed by atoms with Gasteiger partial charge in [0.2, 0.25) is 5.91 Å². The first-order valence-corrected chi connectivity index (χ1v) is 10.7. The summed E-state index contributed by atoms with van der Waals surface area (Å²) in [6.45, 7) is 5.21. The first kappa shape index (κ1) is 19.4. The minimum atomic E-state index is -0.207. The van der Waals surface area contributed by atoms with E-state index in [1.54, 1.807) is 17.0 Å². The van der Waals surface area contributed by atoms with Gasteiger partial charge in [-0.05, 0) is 48.9 Å². The third-order valence-corrected chi connectivity index (χ3v) is 5.83. The molecular formula is C22H22N2O4S. The lowest BCUT2D eigenvalue weighted by Crippen LogP contribution is -2.35. The number of anilines is 2. The zero-order chi connectivity index (χ0) is 20.4. The van der Waals surface area contributed by atoms with Crippen molar-refractivity contribution < 1.29 is 19.1 Å². The minimum Gasteiger partial charge on any atom is -0.486 e. The molecule has 0 aliphatic carbocycles. The van der Waals surface area contributed by atoms with Crippen LogP contribution in [0.15, 0.2) is 47.9 Å². The Hall–Kier alpha value is -2.93. The molecule has 2 aliphatic heterocycles. The first-order valence-electron chi connectivity index (χ1n) is 9.47. The van der Waals surface area contributed by atoms with E-state index >= 15 is 0 Å². The minimum absolute atomic E-state index is 0.153. The maximum atomic E-state index is 13.2. The van der Waals surface area contributed by atoms with Crippen molar-refractivity contribution in [3.05, 3.63) is 54.1 Å². The van der Waals surface area contributed by atoms with E-state index in [0.29, 0.717) is 42.5 Å². The molecule has 2 heterocycles. The van der Waals surface area contributed by atoms with Crippen molar-refractivity contribution in [3.8, 4) is 11.5 Å². The molecule has 4 rings (SSSR count). The molecule has 1 N–H and O–H groups in total. The Morgan fingerprint density at radius 2 is 1.97 bits per heavy atom. The second-order valence-corrected chi connectivity index (χ2v) is 7.60. The molecule has 2 amide bonds. The van der Waals surface area contributed by atoms with E-state index in [9.17, 15) is 9.59 Å². The zero-order valence-corrected chi connectivity index (χ0v) is 17.0. The summed E-state index contributed by atoms with van der Waals surface area (Å²) in [6.07, 6.45) is 4.80. The number of benzene rings is 2. The van der Waals surface area contributed by atoms with Crippen LogP contribution in [-0.2, 0) is 11.2 Å².